The minimum Gasteiger partial charge on any atom is -0.444 e. The molecule has 4 heteroatoms. The fourth-order valence-corrected chi connectivity index (χ4v) is 2.91. The average Bonchev–Trinajstić information content (AvgIpc) is 2.36. The molecule has 0 radical (unpaired) electrons. The van der Waals surface area contributed by atoms with Crippen molar-refractivity contribution < 1.29 is 9.53 Å². The minimum absolute atomic E-state index is 0.420. The number of benzene rings is 1. The fourth-order valence-electron chi connectivity index (χ4n) is 2.91. The molecular weight excluding hydrogens is 276 g/mol. The number of amides is 1. The Balaban J connectivity index is 1.93. The van der Waals surface area contributed by atoms with E-state index in [0.29, 0.717) is 6.04 Å². The van der Waals surface area contributed by atoms with Crippen LogP contribution in [0, 0.1) is 5.92 Å². The van der Waals surface area contributed by atoms with Gasteiger partial charge in [-0.3, -0.25) is 5.32 Å². The van der Waals surface area contributed by atoms with Gasteiger partial charge in [0, 0.05) is 17.4 Å². The topological polar surface area (TPSA) is 50.4 Å². The van der Waals surface area contributed by atoms with Gasteiger partial charge in [0.1, 0.15) is 5.60 Å². The first-order chi connectivity index (χ1) is 10.3. The van der Waals surface area contributed by atoms with E-state index in [-0.39, 0.29) is 0 Å². The van der Waals surface area contributed by atoms with E-state index in [0.717, 1.165) is 17.3 Å². The molecule has 22 heavy (non-hydrogen) atoms. The SMILES string of the molecule is CC1CCCC(Nc2cccc(NC(=O)OC(C)(C)C)c2)C1. The van der Waals surface area contributed by atoms with Gasteiger partial charge in [-0.15, -0.1) is 0 Å². The van der Waals surface area contributed by atoms with E-state index in [4.69, 9.17) is 4.74 Å². The van der Waals surface area contributed by atoms with Gasteiger partial charge in [0.2, 0.25) is 0 Å². The van der Waals surface area contributed by atoms with Gasteiger partial charge in [0.15, 0.2) is 0 Å². The highest BCUT2D eigenvalue weighted by Gasteiger charge is 2.19. The molecule has 2 rings (SSSR count). The Morgan fingerprint density at radius 2 is 1.95 bits per heavy atom. The van der Waals surface area contributed by atoms with Crippen molar-refractivity contribution >= 4 is 17.5 Å². The Morgan fingerprint density at radius 3 is 2.64 bits per heavy atom. The molecule has 1 aliphatic carbocycles. The summed E-state index contributed by atoms with van der Waals surface area (Å²) in [5.41, 5.74) is 1.31. The monoisotopic (exact) mass is 304 g/mol. The summed E-state index contributed by atoms with van der Waals surface area (Å²) in [6.45, 7) is 7.88. The zero-order valence-electron chi connectivity index (χ0n) is 14.1. The summed E-state index contributed by atoms with van der Waals surface area (Å²) < 4.78 is 5.28. The number of rotatable bonds is 3. The second-order valence-corrected chi connectivity index (χ2v) is 7.32. The third kappa shape index (κ3) is 5.58. The molecule has 0 saturated heterocycles. The zero-order chi connectivity index (χ0) is 16.2. The maximum Gasteiger partial charge on any atom is 0.412 e. The van der Waals surface area contributed by atoms with Crippen molar-refractivity contribution in [2.24, 2.45) is 5.92 Å². The molecule has 1 aromatic rings. The van der Waals surface area contributed by atoms with Gasteiger partial charge in [-0.25, -0.2) is 4.79 Å². The molecule has 1 saturated carbocycles. The summed E-state index contributed by atoms with van der Waals surface area (Å²) in [7, 11) is 0. The Morgan fingerprint density at radius 1 is 1.23 bits per heavy atom. The molecule has 0 aromatic heterocycles. The van der Waals surface area contributed by atoms with Gasteiger partial charge in [0.05, 0.1) is 0 Å². The van der Waals surface area contributed by atoms with E-state index in [2.05, 4.69) is 17.6 Å². The molecule has 1 amide bonds. The van der Waals surface area contributed by atoms with Crippen LogP contribution < -0.4 is 10.6 Å². The Bertz CT molecular complexity index is 508. The normalized spacial score (nSPS) is 22.0. The molecule has 4 nitrogen and oxygen atoms in total. The highest BCUT2D eigenvalue weighted by atomic mass is 16.6. The molecule has 0 bridgehead atoms. The molecule has 0 aliphatic heterocycles. The van der Waals surface area contributed by atoms with Gasteiger partial charge in [-0.05, 0) is 57.7 Å². The predicted molar refractivity (Wildman–Crippen MR) is 91.3 cm³/mol. The molecule has 122 valence electrons. The first kappa shape index (κ1) is 16.7. The third-order valence-corrected chi connectivity index (χ3v) is 3.82. The van der Waals surface area contributed by atoms with Crippen LogP contribution in [0.4, 0.5) is 16.2 Å². The van der Waals surface area contributed by atoms with Crippen LogP contribution in [-0.4, -0.2) is 17.7 Å². The third-order valence-electron chi connectivity index (χ3n) is 3.82. The number of hydrogen-bond donors (Lipinski definition) is 2. The lowest BCUT2D eigenvalue weighted by molar-refractivity contribution is 0.0636. The number of carbonyl (C=O) groups excluding carboxylic acids is 1. The van der Waals surface area contributed by atoms with E-state index in [1.54, 1.807) is 0 Å². The van der Waals surface area contributed by atoms with Gasteiger partial charge in [-0.1, -0.05) is 25.8 Å². The number of carbonyl (C=O) groups is 1. The Labute approximate surface area is 133 Å². The molecular formula is C18H28N2O2. The summed E-state index contributed by atoms with van der Waals surface area (Å²) in [6, 6.07) is 8.35. The molecule has 0 heterocycles. The van der Waals surface area contributed by atoms with Crippen molar-refractivity contribution in [2.45, 2.75) is 65.0 Å². The van der Waals surface area contributed by atoms with Crippen LogP contribution in [0.1, 0.15) is 53.4 Å². The van der Waals surface area contributed by atoms with Gasteiger partial charge >= 0.3 is 6.09 Å². The van der Waals surface area contributed by atoms with Crippen LogP contribution in [0.5, 0.6) is 0 Å². The summed E-state index contributed by atoms with van der Waals surface area (Å²) in [4.78, 5) is 11.8. The van der Waals surface area contributed by atoms with Crippen molar-refractivity contribution in [3.63, 3.8) is 0 Å². The van der Waals surface area contributed by atoms with Crippen molar-refractivity contribution in [3.8, 4) is 0 Å². The van der Waals surface area contributed by atoms with Crippen molar-refractivity contribution in [1.29, 1.82) is 0 Å². The van der Waals surface area contributed by atoms with Crippen molar-refractivity contribution in [3.05, 3.63) is 24.3 Å². The van der Waals surface area contributed by atoms with Crippen LogP contribution >= 0.6 is 0 Å². The maximum atomic E-state index is 11.8. The Kier molecular flexibility index (Phi) is 5.33. The lowest BCUT2D eigenvalue weighted by Crippen LogP contribution is -2.27. The lowest BCUT2D eigenvalue weighted by atomic mass is 9.87. The lowest BCUT2D eigenvalue weighted by Gasteiger charge is -2.28. The maximum absolute atomic E-state index is 11.8. The number of ether oxygens (including phenoxy) is 1. The van der Waals surface area contributed by atoms with Crippen molar-refractivity contribution in [2.75, 3.05) is 10.6 Å². The summed E-state index contributed by atoms with van der Waals surface area (Å²) in [5, 5.41) is 6.36. The van der Waals surface area contributed by atoms with Crippen LogP contribution in [0.25, 0.3) is 0 Å². The number of hydrogen-bond acceptors (Lipinski definition) is 3. The molecule has 1 aliphatic rings. The molecule has 2 unspecified atom stereocenters. The first-order valence-corrected chi connectivity index (χ1v) is 8.18. The summed E-state index contributed by atoms with van der Waals surface area (Å²) in [6.07, 6.45) is 4.63. The van der Waals surface area contributed by atoms with Gasteiger partial charge < -0.3 is 10.1 Å². The molecule has 2 N–H and O–H groups in total. The van der Waals surface area contributed by atoms with E-state index in [1.807, 2.05) is 45.0 Å². The van der Waals surface area contributed by atoms with E-state index in [9.17, 15) is 4.79 Å². The highest BCUT2D eigenvalue weighted by Crippen LogP contribution is 2.27. The van der Waals surface area contributed by atoms with Crippen LogP contribution in [0.3, 0.4) is 0 Å². The average molecular weight is 304 g/mol. The minimum atomic E-state index is -0.488. The highest BCUT2D eigenvalue weighted by molar-refractivity contribution is 5.85. The summed E-state index contributed by atoms with van der Waals surface area (Å²) in [5.74, 6) is 0.786. The second-order valence-electron chi connectivity index (χ2n) is 7.32. The first-order valence-electron chi connectivity index (χ1n) is 8.18. The molecule has 1 aromatic carbocycles. The molecule has 1 fully saturated rings. The second kappa shape index (κ2) is 7.03. The van der Waals surface area contributed by atoms with Gasteiger partial charge in [0.25, 0.3) is 0 Å². The molecule has 0 spiro atoms. The summed E-state index contributed by atoms with van der Waals surface area (Å²) >= 11 is 0. The van der Waals surface area contributed by atoms with E-state index in [1.165, 1.54) is 25.7 Å². The van der Waals surface area contributed by atoms with Crippen LogP contribution in [0.15, 0.2) is 24.3 Å². The van der Waals surface area contributed by atoms with E-state index >= 15 is 0 Å². The quantitative estimate of drug-likeness (QED) is 0.824. The standard InChI is InChI=1S/C18H28N2O2/c1-13-7-5-8-14(11-13)19-15-9-6-10-16(12-15)20-17(21)22-18(2,3)4/h6,9-10,12-14,19H,5,7-8,11H2,1-4H3,(H,20,21). The largest absolute Gasteiger partial charge is 0.444 e. The smallest absolute Gasteiger partial charge is 0.412 e. The Hall–Kier alpha value is -1.71. The van der Waals surface area contributed by atoms with E-state index < -0.39 is 11.7 Å². The van der Waals surface area contributed by atoms with Crippen molar-refractivity contribution in [1.82, 2.24) is 0 Å². The van der Waals surface area contributed by atoms with Crippen LogP contribution in [-0.2, 0) is 4.74 Å². The number of anilines is 2. The number of nitrogens with one attached hydrogen (secondary N) is 2. The molecule has 2 atom stereocenters. The van der Waals surface area contributed by atoms with Crippen LogP contribution in [0.2, 0.25) is 0 Å². The predicted octanol–water partition coefficient (Wildman–Crippen LogP) is 5.02. The zero-order valence-corrected chi connectivity index (χ0v) is 14.1. The van der Waals surface area contributed by atoms with Gasteiger partial charge in [-0.2, -0.15) is 0 Å². The fraction of sp³-hybridized carbons (Fsp3) is 0.611.